The molecule has 4 rings (SSSR count). The van der Waals surface area contributed by atoms with Gasteiger partial charge in [-0.25, -0.2) is 8.42 Å². The highest BCUT2D eigenvalue weighted by molar-refractivity contribution is 7.92. The summed E-state index contributed by atoms with van der Waals surface area (Å²) < 4.78 is 34.5. The fraction of sp³-hybridized carbons (Fsp3) is 0.115. The van der Waals surface area contributed by atoms with Crippen LogP contribution in [0.5, 0.6) is 5.75 Å². The number of hydrogen-bond acceptors (Lipinski definition) is 5. The molecule has 1 aromatic heterocycles. The molecule has 0 spiro atoms. The van der Waals surface area contributed by atoms with E-state index in [4.69, 9.17) is 4.74 Å². The Labute approximate surface area is 194 Å². The zero-order chi connectivity index (χ0) is 22.9. The highest BCUT2D eigenvalue weighted by atomic mass is 32.2. The maximum Gasteiger partial charge on any atom is 0.264 e. The molecule has 7 heteroatoms. The van der Waals surface area contributed by atoms with Crippen molar-refractivity contribution in [1.29, 1.82) is 0 Å². The Morgan fingerprint density at radius 1 is 0.818 bits per heavy atom. The SMILES string of the molecule is O=S(=O)(c1cccc(OCCNc2ccncc2)c1)N(Cc1ccccc1)c1ccccc1. The molecule has 6 nitrogen and oxygen atoms in total. The van der Waals surface area contributed by atoms with E-state index in [2.05, 4.69) is 10.3 Å². The van der Waals surface area contributed by atoms with Crippen LogP contribution in [-0.2, 0) is 16.6 Å². The van der Waals surface area contributed by atoms with Gasteiger partial charge in [-0.15, -0.1) is 0 Å². The van der Waals surface area contributed by atoms with Gasteiger partial charge in [0.1, 0.15) is 12.4 Å². The first kappa shape index (κ1) is 22.4. The van der Waals surface area contributed by atoms with Crippen molar-refractivity contribution in [3.05, 3.63) is 115 Å². The van der Waals surface area contributed by atoms with Crippen LogP contribution in [0, 0.1) is 0 Å². The van der Waals surface area contributed by atoms with E-state index in [1.54, 1.807) is 48.8 Å². The number of benzene rings is 3. The molecule has 0 aliphatic heterocycles. The van der Waals surface area contributed by atoms with Crippen molar-refractivity contribution in [3.63, 3.8) is 0 Å². The third kappa shape index (κ3) is 5.90. The second-order valence-electron chi connectivity index (χ2n) is 7.32. The summed E-state index contributed by atoms with van der Waals surface area (Å²) in [4.78, 5) is 4.17. The van der Waals surface area contributed by atoms with Crippen LogP contribution in [0.15, 0.2) is 114 Å². The first-order valence-corrected chi connectivity index (χ1v) is 12.1. The molecule has 0 atom stereocenters. The number of anilines is 2. The van der Waals surface area contributed by atoms with Gasteiger partial charge in [-0.1, -0.05) is 54.6 Å². The Kier molecular flexibility index (Phi) is 7.22. The first-order chi connectivity index (χ1) is 16.1. The van der Waals surface area contributed by atoms with Crippen LogP contribution in [0.1, 0.15) is 5.56 Å². The van der Waals surface area contributed by atoms with Crippen LogP contribution in [0.25, 0.3) is 0 Å². The Bertz CT molecular complexity index is 1250. The molecule has 4 aromatic rings. The van der Waals surface area contributed by atoms with Gasteiger partial charge >= 0.3 is 0 Å². The molecular formula is C26H25N3O3S. The summed E-state index contributed by atoms with van der Waals surface area (Å²) in [6.45, 7) is 1.19. The van der Waals surface area contributed by atoms with Gasteiger partial charge in [0.05, 0.1) is 17.1 Å². The van der Waals surface area contributed by atoms with E-state index in [1.807, 2.05) is 60.7 Å². The zero-order valence-corrected chi connectivity index (χ0v) is 18.9. The van der Waals surface area contributed by atoms with Gasteiger partial charge in [-0.05, 0) is 42.0 Å². The van der Waals surface area contributed by atoms with E-state index in [-0.39, 0.29) is 11.4 Å². The summed E-state index contributed by atoms with van der Waals surface area (Å²) in [6.07, 6.45) is 3.43. The summed E-state index contributed by atoms with van der Waals surface area (Å²) in [6, 6.07) is 29.0. The van der Waals surface area contributed by atoms with Gasteiger partial charge in [0.2, 0.25) is 0 Å². The standard InChI is InChI=1S/C26H25N3O3S/c30-33(31,29(24-10-5-2-6-11-24)21-22-8-3-1-4-9-22)26-13-7-12-25(20-26)32-19-18-28-23-14-16-27-17-15-23/h1-17,20H,18-19,21H2,(H,27,28). The predicted molar refractivity (Wildman–Crippen MR) is 131 cm³/mol. The second kappa shape index (κ2) is 10.7. The average Bonchev–Trinajstić information content (AvgIpc) is 2.87. The van der Waals surface area contributed by atoms with Crippen molar-refractivity contribution in [3.8, 4) is 5.75 Å². The van der Waals surface area contributed by atoms with Crippen molar-refractivity contribution in [2.24, 2.45) is 0 Å². The monoisotopic (exact) mass is 459 g/mol. The highest BCUT2D eigenvalue weighted by Crippen LogP contribution is 2.27. The fourth-order valence-corrected chi connectivity index (χ4v) is 4.83. The summed E-state index contributed by atoms with van der Waals surface area (Å²) in [7, 11) is -3.82. The molecule has 33 heavy (non-hydrogen) atoms. The zero-order valence-electron chi connectivity index (χ0n) is 18.0. The maximum absolute atomic E-state index is 13.7. The van der Waals surface area contributed by atoms with Crippen LogP contribution >= 0.6 is 0 Å². The van der Waals surface area contributed by atoms with Crippen LogP contribution in [0.3, 0.4) is 0 Å². The number of pyridine rings is 1. The van der Waals surface area contributed by atoms with Crippen molar-refractivity contribution < 1.29 is 13.2 Å². The lowest BCUT2D eigenvalue weighted by molar-refractivity contribution is 0.332. The molecule has 168 valence electrons. The van der Waals surface area contributed by atoms with Crippen molar-refractivity contribution in [2.75, 3.05) is 22.8 Å². The molecule has 0 bridgehead atoms. The minimum Gasteiger partial charge on any atom is -0.492 e. The molecule has 0 aliphatic carbocycles. The number of rotatable bonds is 10. The molecule has 0 unspecified atom stereocenters. The molecule has 0 radical (unpaired) electrons. The number of nitrogens with zero attached hydrogens (tertiary/aromatic N) is 2. The number of hydrogen-bond donors (Lipinski definition) is 1. The van der Waals surface area contributed by atoms with Gasteiger partial charge < -0.3 is 10.1 Å². The lowest BCUT2D eigenvalue weighted by atomic mass is 10.2. The number of aromatic nitrogens is 1. The minimum atomic E-state index is -3.82. The summed E-state index contributed by atoms with van der Waals surface area (Å²) >= 11 is 0. The van der Waals surface area contributed by atoms with Gasteiger partial charge in [-0.2, -0.15) is 0 Å². The molecular weight excluding hydrogens is 434 g/mol. The fourth-order valence-electron chi connectivity index (χ4n) is 3.34. The van der Waals surface area contributed by atoms with Crippen LogP contribution in [0.4, 0.5) is 11.4 Å². The molecule has 1 heterocycles. The lowest BCUT2D eigenvalue weighted by Crippen LogP contribution is -2.30. The van der Waals surface area contributed by atoms with E-state index in [0.717, 1.165) is 11.3 Å². The quantitative estimate of drug-likeness (QED) is 0.339. The number of sulfonamides is 1. The Balaban J connectivity index is 1.51. The van der Waals surface area contributed by atoms with Crippen molar-refractivity contribution in [1.82, 2.24) is 4.98 Å². The van der Waals surface area contributed by atoms with Crippen LogP contribution in [0.2, 0.25) is 0 Å². The maximum atomic E-state index is 13.7. The van der Waals surface area contributed by atoms with E-state index in [0.29, 0.717) is 24.6 Å². The number of para-hydroxylation sites is 1. The highest BCUT2D eigenvalue weighted by Gasteiger charge is 2.25. The molecule has 0 saturated carbocycles. The van der Waals surface area contributed by atoms with E-state index in [9.17, 15) is 8.42 Å². The largest absolute Gasteiger partial charge is 0.492 e. The van der Waals surface area contributed by atoms with Gasteiger partial charge in [-0.3, -0.25) is 9.29 Å². The topological polar surface area (TPSA) is 71.5 Å². The van der Waals surface area contributed by atoms with E-state index >= 15 is 0 Å². The molecule has 0 amide bonds. The predicted octanol–water partition coefficient (Wildman–Crippen LogP) is 4.97. The van der Waals surface area contributed by atoms with E-state index < -0.39 is 10.0 Å². The molecule has 0 fully saturated rings. The molecule has 3 aromatic carbocycles. The van der Waals surface area contributed by atoms with Gasteiger partial charge in [0.25, 0.3) is 10.0 Å². The summed E-state index contributed by atoms with van der Waals surface area (Å²) in [5.74, 6) is 0.500. The van der Waals surface area contributed by atoms with Crippen molar-refractivity contribution >= 4 is 21.4 Å². The Hall–Kier alpha value is -3.84. The van der Waals surface area contributed by atoms with Gasteiger partial charge in [0, 0.05) is 30.7 Å². The summed E-state index contributed by atoms with van der Waals surface area (Å²) in [5.41, 5.74) is 2.46. The number of nitrogens with one attached hydrogen (secondary N) is 1. The molecule has 0 saturated heterocycles. The second-order valence-corrected chi connectivity index (χ2v) is 9.18. The lowest BCUT2D eigenvalue weighted by Gasteiger charge is -2.25. The Morgan fingerprint density at radius 3 is 2.24 bits per heavy atom. The Morgan fingerprint density at radius 2 is 1.52 bits per heavy atom. The molecule has 1 N–H and O–H groups in total. The normalized spacial score (nSPS) is 11.0. The average molecular weight is 460 g/mol. The number of ether oxygens (including phenoxy) is 1. The minimum absolute atomic E-state index is 0.182. The smallest absolute Gasteiger partial charge is 0.264 e. The van der Waals surface area contributed by atoms with Crippen molar-refractivity contribution in [2.45, 2.75) is 11.4 Å². The third-order valence-electron chi connectivity index (χ3n) is 4.99. The first-order valence-electron chi connectivity index (χ1n) is 10.6. The molecule has 0 aliphatic rings. The van der Waals surface area contributed by atoms with E-state index in [1.165, 1.54) is 4.31 Å². The van der Waals surface area contributed by atoms with Crippen LogP contribution in [-0.4, -0.2) is 26.6 Å². The third-order valence-corrected chi connectivity index (χ3v) is 6.76. The summed E-state index contributed by atoms with van der Waals surface area (Å²) in [5, 5.41) is 3.24. The van der Waals surface area contributed by atoms with Gasteiger partial charge in [0.15, 0.2) is 0 Å². The van der Waals surface area contributed by atoms with Crippen LogP contribution < -0.4 is 14.4 Å².